The zero-order valence-corrected chi connectivity index (χ0v) is 11.5. The Hall–Kier alpha value is -1.35. The molecule has 0 unspecified atom stereocenters. The van der Waals surface area contributed by atoms with Crippen molar-refractivity contribution < 1.29 is 13.2 Å². The third kappa shape index (κ3) is 4.67. The molecule has 0 saturated heterocycles. The standard InChI is InChI=1S/C13H15F3N2S/c1-12(2,8-17)5-6-19-11-4-3-9(7-10(11)18)13(14,15)16/h3-4,7H,5-6,18H2,1-2H3. The zero-order valence-electron chi connectivity index (χ0n) is 10.7. The van der Waals surface area contributed by atoms with E-state index in [0.29, 0.717) is 17.1 Å². The molecule has 0 bridgehead atoms. The molecular formula is C13H15F3N2S. The summed E-state index contributed by atoms with van der Waals surface area (Å²) in [5, 5.41) is 8.86. The predicted octanol–water partition coefficient (Wildman–Crippen LogP) is 4.32. The largest absolute Gasteiger partial charge is 0.416 e. The molecule has 0 amide bonds. The van der Waals surface area contributed by atoms with Crippen LogP contribution >= 0.6 is 11.8 Å². The fourth-order valence-electron chi connectivity index (χ4n) is 1.33. The molecule has 0 aliphatic rings. The van der Waals surface area contributed by atoms with Gasteiger partial charge >= 0.3 is 6.18 Å². The highest BCUT2D eigenvalue weighted by atomic mass is 32.2. The maximum atomic E-state index is 12.5. The third-order valence-electron chi connectivity index (χ3n) is 2.62. The molecule has 0 saturated carbocycles. The van der Waals surface area contributed by atoms with E-state index in [9.17, 15) is 13.2 Å². The number of thioether (sulfide) groups is 1. The quantitative estimate of drug-likeness (QED) is 0.663. The molecule has 0 aromatic heterocycles. The first kappa shape index (κ1) is 15.7. The number of rotatable bonds is 4. The molecule has 6 heteroatoms. The second-order valence-corrected chi connectivity index (χ2v) is 5.98. The molecular weight excluding hydrogens is 273 g/mol. The molecule has 0 aliphatic heterocycles. The van der Waals surface area contributed by atoms with Gasteiger partial charge in [-0.05, 0) is 44.2 Å². The Kier molecular flexibility index (Phi) is 4.75. The van der Waals surface area contributed by atoms with E-state index in [2.05, 4.69) is 6.07 Å². The lowest BCUT2D eigenvalue weighted by molar-refractivity contribution is -0.137. The van der Waals surface area contributed by atoms with Crippen molar-refractivity contribution in [1.29, 1.82) is 5.26 Å². The summed E-state index contributed by atoms with van der Waals surface area (Å²) in [7, 11) is 0. The molecule has 1 aromatic rings. The number of anilines is 1. The average Bonchev–Trinajstić information content (AvgIpc) is 2.30. The Morgan fingerprint density at radius 3 is 2.42 bits per heavy atom. The van der Waals surface area contributed by atoms with Crippen LogP contribution < -0.4 is 5.73 Å². The van der Waals surface area contributed by atoms with Gasteiger partial charge < -0.3 is 5.73 Å². The number of nitrogens with zero attached hydrogens (tertiary/aromatic N) is 1. The van der Waals surface area contributed by atoms with Crippen molar-refractivity contribution in [2.45, 2.75) is 31.3 Å². The van der Waals surface area contributed by atoms with Crippen LogP contribution in [0.1, 0.15) is 25.8 Å². The number of nitriles is 1. The second-order valence-electron chi connectivity index (χ2n) is 4.84. The number of alkyl halides is 3. The van der Waals surface area contributed by atoms with Crippen LogP contribution in [0.15, 0.2) is 23.1 Å². The highest BCUT2D eigenvalue weighted by Gasteiger charge is 2.30. The fourth-order valence-corrected chi connectivity index (χ4v) is 2.55. The number of nitrogen functional groups attached to an aromatic ring is 1. The second kappa shape index (κ2) is 5.74. The zero-order chi connectivity index (χ0) is 14.7. The average molecular weight is 288 g/mol. The van der Waals surface area contributed by atoms with Gasteiger partial charge in [-0.15, -0.1) is 11.8 Å². The normalized spacial score (nSPS) is 12.2. The van der Waals surface area contributed by atoms with Crippen molar-refractivity contribution in [3.8, 4) is 6.07 Å². The minimum atomic E-state index is -4.37. The molecule has 0 heterocycles. The smallest absolute Gasteiger partial charge is 0.398 e. The van der Waals surface area contributed by atoms with E-state index in [0.717, 1.165) is 12.1 Å². The van der Waals surface area contributed by atoms with Crippen molar-refractivity contribution in [2.75, 3.05) is 11.5 Å². The van der Waals surface area contributed by atoms with Gasteiger partial charge in [0.05, 0.1) is 17.0 Å². The Balaban J connectivity index is 2.69. The number of hydrogen-bond acceptors (Lipinski definition) is 3. The van der Waals surface area contributed by atoms with E-state index in [1.807, 2.05) is 13.8 Å². The molecule has 104 valence electrons. The summed E-state index contributed by atoms with van der Waals surface area (Å²) < 4.78 is 37.4. The maximum Gasteiger partial charge on any atom is 0.416 e. The van der Waals surface area contributed by atoms with Gasteiger partial charge in [-0.25, -0.2) is 0 Å². The molecule has 19 heavy (non-hydrogen) atoms. The van der Waals surface area contributed by atoms with Crippen LogP contribution in [0.3, 0.4) is 0 Å². The van der Waals surface area contributed by atoms with Crippen molar-refractivity contribution in [1.82, 2.24) is 0 Å². The van der Waals surface area contributed by atoms with E-state index < -0.39 is 17.2 Å². The summed E-state index contributed by atoms with van der Waals surface area (Å²) in [4.78, 5) is 0.613. The minimum Gasteiger partial charge on any atom is -0.398 e. The summed E-state index contributed by atoms with van der Waals surface area (Å²) in [6, 6.07) is 5.52. The van der Waals surface area contributed by atoms with E-state index in [4.69, 9.17) is 11.0 Å². The van der Waals surface area contributed by atoms with Crippen molar-refractivity contribution in [3.05, 3.63) is 23.8 Å². The van der Waals surface area contributed by atoms with E-state index in [1.165, 1.54) is 17.8 Å². The summed E-state index contributed by atoms with van der Waals surface area (Å²) in [6.45, 7) is 3.65. The van der Waals surface area contributed by atoms with Gasteiger partial charge in [-0.1, -0.05) is 0 Å². The van der Waals surface area contributed by atoms with Gasteiger partial charge in [-0.3, -0.25) is 0 Å². The van der Waals surface area contributed by atoms with Crippen LogP contribution in [0, 0.1) is 16.7 Å². The van der Waals surface area contributed by atoms with Gasteiger partial charge in [0.2, 0.25) is 0 Å². The Morgan fingerprint density at radius 1 is 1.32 bits per heavy atom. The minimum absolute atomic E-state index is 0.120. The van der Waals surface area contributed by atoms with Gasteiger partial charge in [0.25, 0.3) is 0 Å². The van der Waals surface area contributed by atoms with Crippen LogP contribution in [-0.2, 0) is 6.18 Å². The van der Waals surface area contributed by atoms with E-state index >= 15 is 0 Å². The highest BCUT2D eigenvalue weighted by molar-refractivity contribution is 7.99. The first-order chi connectivity index (χ1) is 8.65. The Bertz CT molecular complexity index is 490. The summed E-state index contributed by atoms with van der Waals surface area (Å²) in [5.41, 5.74) is 4.55. The summed E-state index contributed by atoms with van der Waals surface area (Å²) in [5.74, 6) is 0.635. The number of nitrogens with two attached hydrogens (primary N) is 1. The molecule has 0 spiro atoms. The van der Waals surface area contributed by atoms with Gasteiger partial charge in [0.1, 0.15) is 0 Å². The third-order valence-corrected chi connectivity index (χ3v) is 3.72. The highest BCUT2D eigenvalue weighted by Crippen LogP contribution is 2.35. The number of halogens is 3. The topological polar surface area (TPSA) is 49.8 Å². The lowest BCUT2D eigenvalue weighted by atomic mass is 9.93. The van der Waals surface area contributed by atoms with Crippen LogP contribution in [0.5, 0.6) is 0 Å². The summed E-state index contributed by atoms with van der Waals surface area (Å²) in [6.07, 6.45) is -3.73. The molecule has 0 fully saturated rings. The van der Waals surface area contributed by atoms with Crippen molar-refractivity contribution in [2.24, 2.45) is 5.41 Å². The lowest BCUT2D eigenvalue weighted by Gasteiger charge is -2.15. The van der Waals surface area contributed by atoms with Crippen LogP contribution in [-0.4, -0.2) is 5.75 Å². The molecule has 2 N–H and O–H groups in total. The van der Waals surface area contributed by atoms with Crippen LogP contribution in [0.4, 0.5) is 18.9 Å². The molecule has 0 atom stereocenters. The SMILES string of the molecule is CC(C)(C#N)CCSc1ccc(C(F)(F)F)cc1N. The first-order valence-corrected chi connectivity index (χ1v) is 6.65. The maximum absolute atomic E-state index is 12.5. The molecule has 0 radical (unpaired) electrons. The fraction of sp³-hybridized carbons (Fsp3) is 0.462. The first-order valence-electron chi connectivity index (χ1n) is 5.66. The van der Waals surface area contributed by atoms with Gasteiger partial charge in [0.15, 0.2) is 0 Å². The van der Waals surface area contributed by atoms with Crippen LogP contribution in [0.25, 0.3) is 0 Å². The van der Waals surface area contributed by atoms with E-state index in [-0.39, 0.29) is 5.69 Å². The van der Waals surface area contributed by atoms with Crippen LogP contribution in [0.2, 0.25) is 0 Å². The number of hydrogen-bond donors (Lipinski definition) is 1. The predicted molar refractivity (Wildman–Crippen MR) is 70.6 cm³/mol. The van der Waals surface area contributed by atoms with Gasteiger partial charge in [0, 0.05) is 10.6 Å². The van der Waals surface area contributed by atoms with Crippen molar-refractivity contribution >= 4 is 17.4 Å². The van der Waals surface area contributed by atoms with E-state index in [1.54, 1.807) is 0 Å². The monoisotopic (exact) mass is 288 g/mol. The lowest BCUT2D eigenvalue weighted by Crippen LogP contribution is -2.09. The Morgan fingerprint density at radius 2 is 1.95 bits per heavy atom. The summed E-state index contributed by atoms with van der Waals surface area (Å²) >= 11 is 1.37. The molecule has 1 aromatic carbocycles. The van der Waals surface area contributed by atoms with Gasteiger partial charge in [-0.2, -0.15) is 18.4 Å². The number of benzene rings is 1. The van der Waals surface area contributed by atoms with Crippen molar-refractivity contribution in [3.63, 3.8) is 0 Å². The Labute approximate surface area is 114 Å². The molecule has 0 aliphatic carbocycles. The molecule has 1 rings (SSSR count). The molecule has 2 nitrogen and oxygen atoms in total.